The predicted molar refractivity (Wildman–Crippen MR) is 115 cm³/mol. The van der Waals surface area contributed by atoms with Crippen LogP contribution in [0, 0.1) is 6.92 Å². The summed E-state index contributed by atoms with van der Waals surface area (Å²) in [4.78, 5) is 27.4. The smallest absolute Gasteiger partial charge is 0.242 e. The van der Waals surface area contributed by atoms with Crippen LogP contribution in [0.25, 0.3) is 0 Å². The van der Waals surface area contributed by atoms with Crippen LogP contribution < -0.4 is 14.8 Å². The van der Waals surface area contributed by atoms with Crippen LogP contribution in [0.4, 0.5) is 0 Å². The molecule has 0 unspecified atom stereocenters. The lowest BCUT2D eigenvalue weighted by Gasteiger charge is -2.29. The van der Waals surface area contributed by atoms with Crippen molar-refractivity contribution >= 4 is 11.8 Å². The van der Waals surface area contributed by atoms with E-state index in [1.807, 2.05) is 50.2 Å². The molecule has 3 rings (SSSR count). The van der Waals surface area contributed by atoms with E-state index in [9.17, 15) is 9.59 Å². The van der Waals surface area contributed by atoms with Gasteiger partial charge < -0.3 is 19.7 Å². The van der Waals surface area contributed by atoms with Crippen LogP contribution in [0.1, 0.15) is 43.4 Å². The molecule has 2 aromatic carbocycles. The molecule has 1 heterocycles. The second-order valence-corrected chi connectivity index (χ2v) is 7.67. The number of carbonyl (C=O) groups is 2. The minimum atomic E-state index is -0.540. The fourth-order valence-corrected chi connectivity index (χ4v) is 3.48. The molecule has 0 aliphatic carbocycles. The molecule has 1 aliphatic heterocycles. The van der Waals surface area contributed by atoms with Crippen LogP contribution in [0.2, 0.25) is 0 Å². The van der Waals surface area contributed by atoms with Gasteiger partial charge >= 0.3 is 0 Å². The Balaban J connectivity index is 1.70. The number of aryl methyl sites for hydroxylation is 2. The Morgan fingerprint density at radius 1 is 1.10 bits per heavy atom. The molecule has 160 valence electrons. The lowest BCUT2D eigenvalue weighted by atomic mass is 10.1. The number of fused-ring (bicyclic) bond motifs is 1. The highest BCUT2D eigenvalue weighted by atomic mass is 16.7. The summed E-state index contributed by atoms with van der Waals surface area (Å²) in [5, 5.41) is 2.90. The molecule has 0 saturated carbocycles. The molecule has 0 bridgehead atoms. The zero-order valence-corrected chi connectivity index (χ0v) is 17.9. The van der Waals surface area contributed by atoms with Crippen molar-refractivity contribution in [1.29, 1.82) is 0 Å². The Morgan fingerprint density at radius 3 is 2.67 bits per heavy atom. The summed E-state index contributed by atoms with van der Waals surface area (Å²) < 4.78 is 10.8. The van der Waals surface area contributed by atoms with Crippen LogP contribution >= 0.6 is 0 Å². The van der Waals surface area contributed by atoms with Crippen molar-refractivity contribution in [2.45, 2.75) is 52.6 Å². The highest BCUT2D eigenvalue weighted by Gasteiger charge is 2.26. The molecule has 1 aliphatic rings. The predicted octanol–water partition coefficient (Wildman–Crippen LogP) is 3.60. The normalized spacial score (nSPS) is 13.0. The Morgan fingerprint density at radius 2 is 1.90 bits per heavy atom. The lowest BCUT2D eigenvalue weighted by Crippen LogP contribution is -2.47. The quantitative estimate of drug-likeness (QED) is 0.686. The third kappa shape index (κ3) is 5.53. The van der Waals surface area contributed by atoms with Crippen LogP contribution in [-0.2, 0) is 22.6 Å². The summed E-state index contributed by atoms with van der Waals surface area (Å²) >= 11 is 0. The van der Waals surface area contributed by atoms with E-state index in [2.05, 4.69) is 11.4 Å². The molecule has 0 saturated heterocycles. The summed E-state index contributed by atoms with van der Waals surface area (Å²) in [6, 6.07) is 13.2. The Hall–Kier alpha value is -3.02. The largest absolute Gasteiger partial charge is 0.454 e. The zero-order valence-electron chi connectivity index (χ0n) is 17.9. The molecule has 0 fully saturated rings. The van der Waals surface area contributed by atoms with Gasteiger partial charge in [0.1, 0.15) is 6.04 Å². The van der Waals surface area contributed by atoms with Gasteiger partial charge in [-0.05, 0) is 49.9 Å². The number of nitrogens with zero attached hydrogens (tertiary/aromatic N) is 1. The van der Waals surface area contributed by atoms with E-state index in [0.29, 0.717) is 31.7 Å². The van der Waals surface area contributed by atoms with Crippen molar-refractivity contribution in [1.82, 2.24) is 10.2 Å². The van der Waals surface area contributed by atoms with Crippen molar-refractivity contribution in [2.75, 3.05) is 13.3 Å². The fourth-order valence-electron chi connectivity index (χ4n) is 3.48. The van der Waals surface area contributed by atoms with E-state index in [-0.39, 0.29) is 18.6 Å². The second-order valence-electron chi connectivity index (χ2n) is 7.67. The first-order valence-corrected chi connectivity index (χ1v) is 10.5. The number of hydrogen-bond donors (Lipinski definition) is 1. The van der Waals surface area contributed by atoms with Gasteiger partial charge in [-0.1, -0.05) is 42.8 Å². The SMILES string of the molecule is CCCNC(=O)[C@H](C)N(Cc1cccc(C)c1)C(=O)CCc1ccc2c(c1)OCO2. The van der Waals surface area contributed by atoms with Gasteiger partial charge in [-0.15, -0.1) is 0 Å². The van der Waals surface area contributed by atoms with Crippen molar-refractivity contribution in [3.05, 3.63) is 59.2 Å². The first kappa shape index (κ1) is 21.7. The molecule has 1 N–H and O–H groups in total. The molecule has 2 amide bonds. The number of hydrogen-bond acceptors (Lipinski definition) is 4. The van der Waals surface area contributed by atoms with Crippen molar-refractivity contribution in [2.24, 2.45) is 0 Å². The Kier molecular flexibility index (Phi) is 7.33. The number of carbonyl (C=O) groups excluding carboxylic acids is 2. The molecule has 1 atom stereocenters. The molecule has 6 nitrogen and oxygen atoms in total. The van der Waals surface area contributed by atoms with Gasteiger partial charge in [0.2, 0.25) is 18.6 Å². The average Bonchev–Trinajstić information content (AvgIpc) is 3.21. The van der Waals surface area contributed by atoms with Gasteiger partial charge in [0.05, 0.1) is 0 Å². The first-order valence-electron chi connectivity index (χ1n) is 10.5. The third-order valence-electron chi connectivity index (χ3n) is 5.22. The molecule has 30 heavy (non-hydrogen) atoms. The Labute approximate surface area is 178 Å². The highest BCUT2D eigenvalue weighted by Crippen LogP contribution is 2.32. The van der Waals surface area contributed by atoms with Crippen LogP contribution in [0.15, 0.2) is 42.5 Å². The summed E-state index contributed by atoms with van der Waals surface area (Å²) in [6.45, 7) is 7.06. The van der Waals surface area contributed by atoms with E-state index in [0.717, 1.165) is 28.9 Å². The zero-order chi connectivity index (χ0) is 21.5. The van der Waals surface area contributed by atoms with Crippen LogP contribution in [0.5, 0.6) is 11.5 Å². The van der Waals surface area contributed by atoms with Gasteiger partial charge in [0.15, 0.2) is 11.5 Å². The molecule has 0 spiro atoms. The minimum Gasteiger partial charge on any atom is -0.454 e. The standard InChI is InChI=1S/C24H30N2O4/c1-4-12-25-24(28)18(3)26(15-20-7-5-6-17(2)13-20)23(27)11-9-19-8-10-21-22(14-19)30-16-29-21/h5-8,10,13-14,18H,4,9,11-12,15-16H2,1-3H3,(H,25,28)/t18-/m0/s1. The molecular formula is C24H30N2O4. The van der Waals surface area contributed by atoms with E-state index in [1.54, 1.807) is 11.8 Å². The highest BCUT2D eigenvalue weighted by molar-refractivity contribution is 5.87. The fraction of sp³-hybridized carbons (Fsp3) is 0.417. The third-order valence-corrected chi connectivity index (χ3v) is 5.22. The Bertz CT molecular complexity index is 897. The maximum atomic E-state index is 13.1. The van der Waals surface area contributed by atoms with E-state index in [1.165, 1.54) is 0 Å². The maximum Gasteiger partial charge on any atom is 0.242 e. The maximum absolute atomic E-state index is 13.1. The van der Waals surface area contributed by atoms with Crippen molar-refractivity contribution in [3.8, 4) is 11.5 Å². The number of benzene rings is 2. The minimum absolute atomic E-state index is 0.0479. The van der Waals surface area contributed by atoms with Gasteiger partial charge in [0, 0.05) is 19.5 Å². The van der Waals surface area contributed by atoms with Gasteiger partial charge in [-0.25, -0.2) is 0 Å². The topological polar surface area (TPSA) is 67.9 Å². The van der Waals surface area contributed by atoms with Gasteiger partial charge in [0.25, 0.3) is 0 Å². The number of amides is 2. The van der Waals surface area contributed by atoms with E-state index in [4.69, 9.17) is 9.47 Å². The molecular weight excluding hydrogens is 380 g/mol. The van der Waals surface area contributed by atoms with Crippen LogP contribution in [0.3, 0.4) is 0 Å². The van der Waals surface area contributed by atoms with Gasteiger partial charge in [-0.2, -0.15) is 0 Å². The molecule has 0 radical (unpaired) electrons. The van der Waals surface area contributed by atoms with Crippen molar-refractivity contribution in [3.63, 3.8) is 0 Å². The number of ether oxygens (including phenoxy) is 2. The summed E-state index contributed by atoms with van der Waals surface area (Å²) in [7, 11) is 0. The summed E-state index contributed by atoms with van der Waals surface area (Å²) in [6.07, 6.45) is 1.74. The summed E-state index contributed by atoms with van der Waals surface area (Å²) in [5.74, 6) is 1.27. The van der Waals surface area contributed by atoms with E-state index < -0.39 is 6.04 Å². The molecule has 2 aromatic rings. The lowest BCUT2D eigenvalue weighted by molar-refractivity contribution is -0.140. The monoisotopic (exact) mass is 410 g/mol. The molecule has 0 aromatic heterocycles. The number of rotatable bonds is 9. The number of nitrogens with one attached hydrogen (secondary N) is 1. The van der Waals surface area contributed by atoms with E-state index >= 15 is 0 Å². The van der Waals surface area contributed by atoms with Crippen LogP contribution in [-0.4, -0.2) is 36.1 Å². The van der Waals surface area contributed by atoms with Gasteiger partial charge in [-0.3, -0.25) is 9.59 Å². The average molecular weight is 411 g/mol. The first-order chi connectivity index (χ1) is 14.5. The molecule has 6 heteroatoms. The summed E-state index contributed by atoms with van der Waals surface area (Å²) in [5.41, 5.74) is 3.15. The van der Waals surface area contributed by atoms with Crippen molar-refractivity contribution < 1.29 is 19.1 Å². The second kappa shape index (κ2) is 10.1.